The van der Waals surface area contributed by atoms with Crippen molar-refractivity contribution in [1.29, 1.82) is 0 Å². The summed E-state index contributed by atoms with van der Waals surface area (Å²) in [6.45, 7) is 2.20. The van der Waals surface area contributed by atoms with Crippen molar-refractivity contribution < 1.29 is 29.7 Å². The lowest BCUT2D eigenvalue weighted by Gasteiger charge is -2.07. The predicted octanol–water partition coefficient (Wildman–Crippen LogP) is 4.43. The van der Waals surface area contributed by atoms with Gasteiger partial charge in [-0.05, 0) is 38.5 Å². The molecule has 1 fully saturated rings. The van der Waals surface area contributed by atoms with E-state index in [1.54, 1.807) is 0 Å². The molecule has 1 saturated heterocycles. The molecule has 4 N–H and O–H groups in total. The summed E-state index contributed by atoms with van der Waals surface area (Å²) in [5, 5.41) is 28.9. The molecular formula is C23H41NO6. The third kappa shape index (κ3) is 18.2. The first kappa shape index (κ1) is 28.1. The van der Waals surface area contributed by atoms with Crippen LogP contribution in [0, 0.1) is 0 Å². The van der Waals surface area contributed by atoms with E-state index in [0.29, 0.717) is 19.3 Å². The fraction of sp³-hybridized carbons (Fsp3) is 0.783. The topological polar surface area (TPSA) is 124 Å². The van der Waals surface area contributed by atoms with Gasteiger partial charge in [-0.2, -0.15) is 0 Å². The zero-order valence-corrected chi connectivity index (χ0v) is 18.5. The highest BCUT2D eigenvalue weighted by Gasteiger charge is 2.26. The van der Waals surface area contributed by atoms with Crippen LogP contribution >= 0.6 is 0 Å². The molecule has 1 rings (SSSR count). The summed E-state index contributed by atoms with van der Waals surface area (Å²) in [6.07, 6.45) is 18.1. The second-order valence-corrected chi connectivity index (χ2v) is 7.91. The average molecular weight is 428 g/mol. The number of carbonyl (C=O) groups excluding carboxylic acids is 1. The number of aliphatic hydroxyl groups excluding tert-OH is 1. The number of carboxylic acids is 2. The number of rotatable bonds is 16. The molecule has 1 amide bonds. The highest BCUT2D eigenvalue weighted by molar-refractivity contribution is 5.87. The second kappa shape index (κ2) is 19.1. The van der Waals surface area contributed by atoms with Crippen LogP contribution in [0.1, 0.15) is 103 Å². The van der Waals surface area contributed by atoms with E-state index < -0.39 is 18.0 Å². The summed E-state index contributed by atoms with van der Waals surface area (Å²) >= 11 is 0. The van der Waals surface area contributed by atoms with E-state index in [-0.39, 0.29) is 12.0 Å². The number of nitrogens with one attached hydrogen (secondary N) is 1. The minimum atomic E-state index is -0.944. The van der Waals surface area contributed by atoms with Gasteiger partial charge in [-0.15, -0.1) is 0 Å². The van der Waals surface area contributed by atoms with E-state index in [0.717, 1.165) is 51.4 Å². The first-order chi connectivity index (χ1) is 14.4. The van der Waals surface area contributed by atoms with E-state index in [1.807, 2.05) is 0 Å². The smallest absolute Gasteiger partial charge is 0.326 e. The Hall–Kier alpha value is -1.89. The number of carboxylic acid groups (broad SMARTS) is 2. The molecule has 0 aromatic heterocycles. The van der Waals surface area contributed by atoms with Crippen LogP contribution in [0.2, 0.25) is 0 Å². The van der Waals surface area contributed by atoms with Crippen molar-refractivity contribution in [3.05, 3.63) is 12.2 Å². The molecule has 7 nitrogen and oxygen atoms in total. The van der Waals surface area contributed by atoms with Gasteiger partial charge < -0.3 is 20.6 Å². The molecule has 0 unspecified atom stereocenters. The number of amides is 1. The van der Waals surface area contributed by atoms with Crippen molar-refractivity contribution in [3.63, 3.8) is 0 Å². The van der Waals surface area contributed by atoms with Crippen molar-refractivity contribution in [1.82, 2.24) is 5.32 Å². The average Bonchev–Trinajstić information content (AvgIpc) is 3.14. The van der Waals surface area contributed by atoms with E-state index in [2.05, 4.69) is 24.4 Å². The first-order valence-electron chi connectivity index (χ1n) is 11.4. The van der Waals surface area contributed by atoms with Gasteiger partial charge in [0.25, 0.3) is 0 Å². The molecule has 1 heterocycles. The molecule has 7 heteroatoms. The Morgan fingerprint density at radius 1 is 1.03 bits per heavy atom. The van der Waals surface area contributed by atoms with Crippen LogP contribution in [-0.2, 0) is 14.4 Å². The van der Waals surface area contributed by atoms with Gasteiger partial charge in [-0.1, -0.05) is 64.0 Å². The lowest BCUT2D eigenvalue weighted by molar-refractivity contribution is -0.140. The maximum atomic E-state index is 10.4. The number of aliphatic hydroxyl groups is 1. The molecule has 174 valence electrons. The Balaban J connectivity index is 0.000000769. The fourth-order valence-electron chi connectivity index (χ4n) is 3.16. The molecule has 1 aliphatic rings. The zero-order valence-electron chi connectivity index (χ0n) is 18.5. The Morgan fingerprint density at radius 3 is 2.27 bits per heavy atom. The molecule has 30 heavy (non-hydrogen) atoms. The van der Waals surface area contributed by atoms with E-state index in [9.17, 15) is 19.5 Å². The van der Waals surface area contributed by atoms with Crippen molar-refractivity contribution in [3.8, 4) is 0 Å². The fourth-order valence-corrected chi connectivity index (χ4v) is 3.16. The van der Waals surface area contributed by atoms with Gasteiger partial charge in [0, 0.05) is 12.8 Å². The van der Waals surface area contributed by atoms with E-state index in [4.69, 9.17) is 10.2 Å². The SMILES string of the molecule is CCCCCC[C@@H](O)C/C=C\CCCCCCCC(=O)O.O=C1CC[C@@H](C(=O)O)N1. The minimum absolute atomic E-state index is 0.164. The monoisotopic (exact) mass is 427 g/mol. The van der Waals surface area contributed by atoms with Crippen molar-refractivity contribution >= 4 is 17.8 Å². The van der Waals surface area contributed by atoms with Crippen LogP contribution in [0.5, 0.6) is 0 Å². The zero-order chi connectivity index (χ0) is 22.6. The number of unbranched alkanes of at least 4 members (excludes halogenated alkanes) is 8. The van der Waals surface area contributed by atoms with Crippen LogP contribution in [0.3, 0.4) is 0 Å². The van der Waals surface area contributed by atoms with E-state index >= 15 is 0 Å². The van der Waals surface area contributed by atoms with Gasteiger partial charge >= 0.3 is 11.9 Å². The Bertz CT molecular complexity index is 506. The second-order valence-electron chi connectivity index (χ2n) is 7.91. The lowest BCUT2D eigenvalue weighted by atomic mass is 10.1. The summed E-state index contributed by atoms with van der Waals surface area (Å²) in [4.78, 5) is 30.8. The standard InChI is InChI=1S/C18H34O3.C5H7NO3/c1-2-3-4-11-14-17(19)15-12-9-7-5-6-8-10-13-16-18(20)21;7-4-2-1-3(6-4)5(8)9/h9,12,17,19H,2-8,10-11,13-16H2,1H3,(H,20,21);3H,1-2H2,(H,6,7)(H,8,9)/b12-9-;/t17-;3-/m10/s1. The van der Waals surface area contributed by atoms with Crippen LogP contribution in [0.4, 0.5) is 0 Å². The Kier molecular flexibility index (Phi) is 17.9. The van der Waals surface area contributed by atoms with Crippen LogP contribution in [0.15, 0.2) is 12.2 Å². The molecule has 0 aromatic carbocycles. The minimum Gasteiger partial charge on any atom is -0.481 e. The summed E-state index contributed by atoms with van der Waals surface area (Å²) in [5.41, 5.74) is 0. The summed E-state index contributed by atoms with van der Waals surface area (Å²) in [7, 11) is 0. The van der Waals surface area contributed by atoms with Crippen LogP contribution in [-0.4, -0.2) is 45.3 Å². The molecule has 0 aliphatic carbocycles. The Morgan fingerprint density at radius 2 is 1.70 bits per heavy atom. The highest BCUT2D eigenvalue weighted by atomic mass is 16.4. The maximum Gasteiger partial charge on any atom is 0.326 e. The summed E-state index contributed by atoms with van der Waals surface area (Å²) < 4.78 is 0. The van der Waals surface area contributed by atoms with Crippen molar-refractivity contribution in [2.24, 2.45) is 0 Å². The molecule has 0 aromatic rings. The number of hydrogen-bond acceptors (Lipinski definition) is 4. The largest absolute Gasteiger partial charge is 0.481 e. The van der Waals surface area contributed by atoms with Gasteiger partial charge in [0.2, 0.25) is 5.91 Å². The molecule has 0 spiro atoms. The molecule has 0 radical (unpaired) electrons. The molecule has 1 aliphatic heterocycles. The number of allylic oxidation sites excluding steroid dienone is 1. The molecule has 0 bridgehead atoms. The summed E-state index contributed by atoms with van der Waals surface area (Å²) in [6, 6.07) is -0.641. The number of hydrogen-bond donors (Lipinski definition) is 4. The van der Waals surface area contributed by atoms with Gasteiger partial charge in [0.15, 0.2) is 0 Å². The highest BCUT2D eigenvalue weighted by Crippen LogP contribution is 2.10. The normalized spacial score (nSPS) is 16.7. The van der Waals surface area contributed by atoms with Crippen LogP contribution < -0.4 is 5.32 Å². The summed E-state index contributed by atoms with van der Waals surface area (Å²) in [5.74, 6) is -1.80. The lowest BCUT2D eigenvalue weighted by Crippen LogP contribution is -2.32. The maximum absolute atomic E-state index is 10.4. The number of carbonyl (C=O) groups is 3. The molecule has 2 atom stereocenters. The van der Waals surface area contributed by atoms with Crippen LogP contribution in [0.25, 0.3) is 0 Å². The quantitative estimate of drug-likeness (QED) is 0.213. The number of aliphatic carboxylic acids is 2. The molecular weight excluding hydrogens is 386 g/mol. The van der Waals surface area contributed by atoms with Gasteiger partial charge in [0.05, 0.1) is 6.10 Å². The molecule has 0 saturated carbocycles. The third-order valence-corrected chi connectivity index (χ3v) is 5.02. The Labute approximate surface area is 180 Å². The van der Waals surface area contributed by atoms with E-state index in [1.165, 1.54) is 25.7 Å². The van der Waals surface area contributed by atoms with Gasteiger partial charge in [-0.3, -0.25) is 9.59 Å². The van der Waals surface area contributed by atoms with Gasteiger partial charge in [0.1, 0.15) is 6.04 Å². The van der Waals surface area contributed by atoms with Gasteiger partial charge in [-0.25, -0.2) is 4.79 Å². The van der Waals surface area contributed by atoms with Crippen molar-refractivity contribution in [2.75, 3.05) is 0 Å². The third-order valence-electron chi connectivity index (χ3n) is 5.02. The predicted molar refractivity (Wildman–Crippen MR) is 117 cm³/mol. The first-order valence-corrected chi connectivity index (χ1v) is 11.4. The van der Waals surface area contributed by atoms with Crippen molar-refractivity contribution in [2.45, 2.75) is 115 Å².